The Morgan fingerprint density at radius 2 is 2.00 bits per heavy atom. The first-order chi connectivity index (χ1) is 10.0. The number of fused-ring (bicyclic) bond motifs is 1. The molecule has 0 amide bonds. The minimum Gasteiger partial charge on any atom is -0.307 e. The summed E-state index contributed by atoms with van der Waals surface area (Å²) in [6.45, 7) is 6.02. The maximum atomic E-state index is 6.25. The summed E-state index contributed by atoms with van der Waals surface area (Å²) in [6, 6.07) is 5.55. The normalized spacial score (nSPS) is 13.8. The standard InChI is InChI=1S/C16H17Cl2N3/c1-9(2)16-12-7-19-8-14(12)20-15(21-16)5-10-3-4-11(17)6-13(10)18/h3-4,6,9,19H,5,7-8H2,1-2H3. The predicted octanol–water partition coefficient (Wildman–Crippen LogP) is 4.10. The van der Waals surface area contributed by atoms with Crippen molar-refractivity contribution in [3.8, 4) is 0 Å². The van der Waals surface area contributed by atoms with Crippen LogP contribution in [0.5, 0.6) is 0 Å². The summed E-state index contributed by atoms with van der Waals surface area (Å²) in [7, 11) is 0. The lowest BCUT2D eigenvalue weighted by Crippen LogP contribution is -2.08. The fraction of sp³-hybridized carbons (Fsp3) is 0.375. The highest BCUT2D eigenvalue weighted by molar-refractivity contribution is 6.35. The van der Waals surface area contributed by atoms with Crippen molar-refractivity contribution in [2.24, 2.45) is 0 Å². The van der Waals surface area contributed by atoms with E-state index in [0.717, 1.165) is 35.9 Å². The van der Waals surface area contributed by atoms with E-state index >= 15 is 0 Å². The molecule has 2 aromatic rings. The average Bonchev–Trinajstić information content (AvgIpc) is 2.89. The quantitative estimate of drug-likeness (QED) is 0.924. The van der Waals surface area contributed by atoms with Gasteiger partial charge >= 0.3 is 0 Å². The molecule has 1 aliphatic rings. The second kappa shape index (κ2) is 5.91. The molecule has 0 atom stereocenters. The molecule has 21 heavy (non-hydrogen) atoms. The van der Waals surface area contributed by atoms with E-state index in [1.165, 1.54) is 5.56 Å². The van der Waals surface area contributed by atoms with Crippen LogP contribution >= 0.6 is 23.2 Å². The lowest BCUT2D eigenvalue weighted by molar-refractivity contribution is 0.745. The Balaban J connectivity index is 1.97. The molecule has 3 rings (SSSR count). The van der Waals surface area contributed by atoms with Crippen molar-refractivity contribution in [2.45, 2.75) is 39.3 Å². The monoisotopic (exact) mass is 321 g/mol. The lowest BCUT2D eigenvalue weighted by atomic mass is 10.0. The second-order valence-corrected chi connectivity index (χ2v) is 6.46. The summed E-state index contributed by atoms with van der Waals surface area (Å²) < 4.78 is 0. The first kappa shape index (κ1) is 14.8. The topological polar surface area (TPSA) is 37.8 Å². The largest absolute Gasteiger partial charge is 0.307 e. The molecule has 0 saturated heterocycles. The molecule has 0 bridgehead atoms. The van der Waals surface area contributed by atoms with Gasteiger partial charge in [0.05, 0.1) is 11.4 Å². The van der Waals surface area contributed by atoms with Crippen LogP contribution in [-0.2, 0) is 19.5 Å². The van der Waals surface area contributed by atoms with Gasteiger partial charge in [-0.3, -0.25) is 0 Å². The fourth-order valence-corrected chi connectivity index (χ4v) is 3.11. The van der Waals surface area contributed by atoms with Gasteiger partial charge in [0.1, 0.15) is 5.82 Å². The molecule has 3 nitrogen and oxygen atoms in total. The summed E-state index contributed by atoms with van der Waals surface area (Å²) >= 11 is 12.2. The Morgan fingerprint density at radius 3 is 2.71 bits per heavy atom. The minimum absolute atomic E-state index is 0.390. The summed E-state index contributed by atoms with van der Waals surface area (Å²) in [5.74, 6) is 1.21. The van der Waals surface area contributed by atoms with Crippen molar-refractivity contribution >= 4 is 23.2 Å². The zero-order valence-electron chi connectivity index (χ0n) is 12.1. The van der Waals surface area contributed by atoms with Crippen molar-refractivity contribution < 1.29 is 0 Å². The summed E-state index contributed by atoms with van der Waals surface area (Å²) in [5, 5.41) is 4.65. The van der Waals surface area contributed by atoms with Crippen LogP contribution in [0.25, 0.3) is 0 Å². The molecule has 5 heteroatoms. The van der Waals surface area contributed by atoms with E-state index in [9.17, 15) is 0 Å². The Bertz CT molecular complexity index is 683. The first-order valence-electron chi connectivity index (χ1n) is 7.08. The van der Waals surface area contributed by atoms with Crippen molar-refractivity contribution in [3.63, 3.8) is 0 Å². The van der Waals surface area contributed by atoms with E-state index in [1.807, 2.05) is 12.1 Å². The van der Waals surface area contributed by atoms with Gasteiger partial charge in [-0.25, -0.2) is 9.97 Å². The molecule has 110 valence electrons. The number of benzene rings is 1. The first-order valence-corrected chi connectivity index (χ1v) is 7.83. The Labute approximate surface area is 134 Å². The van der Waals surface area contributed by atoms with Gasteiger partial charge in [0.15, 0.2) is 0 Å². The van der Waals surface area contributed by atoms with Crippen molar-refractivity contribution in [1.82, 2.24) is 15.3 Å². The molecular formula is C16H17Cl2N3. The molecule has 1 aliphatic heterocycles. The van der Waals surface area contributed by atoms with E-state index in [-0.39, 0.29) is 0 Å². The highest BCUT2D eigenvalue weighted by Crippen LogP contribution is 2.26. The molecule has 0 spiro atoms. The van der Waals surface area contributed by atoms with E-state index in [2.05, 4.69) is 24.1 Å². The Kier molecular flexibility index (Phi) is 4.16. The van der Waals surface area contributed by atoms with Crippen molar-refractivity contribution in [2.75, 3.05) is 0 Å². The van der Waals surface area contributed by atoms with Gasteiger partial charge in [0.2, 0.25) is 0 Å². The summed E-state index contributed by atoms with van der Waals surface area (Å²) in [4.78, 5) is 9.45. The number of rotatable bonds is 3. The third kappa shape index (κ3) is 3.05. The fourth-order valence-electron chi connectivity index (χ4n) is 2.64. The van der Waals surface area contributed by atoms with Crippen molar-refractivity contribution in [1.29, 1.82) is 0 Å². The molecule has 0 fully saturated rings. The number of hydrogen-bond acceptors (Lipinski definition) is 3. The number of aromatic nitrogens is 2. The molecular weight excluding hydrogens is 305 g/mol. The van der Waals surface area contributed by atoms with Gasteiger partial charge in [-0.2, -0.15) is 0 Å². The molecule has 1 N–H and O–H groups in total. The predicted molar refractivity (Wildman–Crippen MR) is 85.9 cm³/mol. The zero-order valence-corrected chi connectivity index (χ0v) is 13.6. The average molecular weight is 322 g/mol. The number of hydrogen-bond donors (Lipinski definition) is 1. The van der Waals surface area contributed by atoms with Crippen LogP contribution in [0.3, 0.4) is 0 Å². The van der Waals surface area contributed by atoms with Crippen LogP contribution in [0.1, 0.15) is 48.1 Å². The molecule has 0 unspecified atom stereocenters. The van der Waals surface area contributed by atoms with Crippen molar-refractivity contribution in [3.05, 3.63) is 56.6 Å². The highest BCUT2D eigenvalue weighted by atomic mass is 35.5. The second-order valence-electron chi connectivity index (χ2n) is 5.62. The zero-order chi connectivity index (χ0) is 15.0. The molecule has 1 aromatic heterocycles. The van der Waals surface area contributed by atoms with Crippen LogP contribution in [0.4, 0.5) is 0 Å². The van der Waals surface area contributed by atoms with Crippen LogP contribution in [0.15, 0.2) is 18.2 Å². The van der Waals surface area contributed by atoms with Gasteiger partial charge in [0, 0.05) is 35.1 Å². The van der Waals surface area contributed by atoms with Gasteiger partial charge in [-0.05, 0) is 23.6 Å². The Morgan fingerprint density at radius 1 is 1.19 bits per heavy atom. The van der Waals surface area contributed by atoms with Gasteiger partial charge in [-0.15, -0.1) is 0 Å². The van der Waals surface area contributed by atoms with E-state index < -0.39 is 0 Å². The molecule has 1 aromatic carbocycles. The maximum Gasteiger partial charge on any atom is 0.133 e. The van der Waals surface area contributed by atoms with E-state index in [0.29, 0.717) is 22.4 Å². The van der Waals surface area contributed by atoms with Crippen LogP contribution in [-0.4, -0.2) is 9.97 Å². The van der Waals surface area contributed by atoms with Crippen LogP contribution in [0.2, 0.25) is 10.0 Å². The highest BCUT2D eigenvalue weighted by Gasteiger charge is 2.20. The van der Waals surface area contributed by atoms with Gasteiger partial charge in [-0.1, -0.05) is 43.1 Å². The summed E-state index contributed by atoms with van der Waals surface area (Å²) in [5.41, 5.74) is 4.52. The van der Waals surface area contributed by atoms with Gasteiger partial charge < -0.3 is 5.32 Å². The molecule has 2 heterocycles. The van der Waals surface area contributed by atoms with E-state index in [4.69, 9.17) is 28.2 Å². The van der Waals surface area contributed by atoms with Gasteiger partial charge in [0.25, 0.3) is 0 Å². The van der Waals surface area contributed by atoms with Crippen LogP contribution < -0.4 is 5.32 Å². The number of nitrogens with one attached hydrogen (secondary N) is 1. The smallest absolute Gasteiger partial charge is 0.133 e. The summed E-state index contributed by atoms with van der Waals surface area (Å²) in [6.07, 6.45) is 0.628. The Hall–Kier alpha value is -1.16. The lowest BCUT2D eigenvalue weighted by Gasteiger charge is -2.12. The molecule has 0 aliphatic carbocycles. The maximum absolute atomic E-state index is 6.25. The SMILES string of the molecule is CC(C)c1nc(Cc2ccc(Cl)cc2Cl)nc2c1CNC2. The number of halogens is 2. The molecule has 0 saturated carbocycles. The van der Waals surface area contributed by atoms with Crippen LogP contribution in [0, 0.1) is 0 Å². The number of nitrogens with zero attached hydrogens (tertiary/aromatic N) is 2. The third-order valence-electron chi connectivity index (χ3n) is 3.68. The molecule has 0 radical (unpaired) electrons. The third-order valence-corrected chi connectivity index (χ3v) is 4.26. The minimum atomic E-state index is 0.390. The van der Waals surface area contributed by atoms with E-state index in [1.54, 1.807) is 6.07 Å².